The van der Waals surface area contributed by atoms with Crippen molar-refractivity contribution in [3.8, 4) is 5.75 Å². The Hall–Kier alpha value is -0.280. The zero-order valence-corrected chi connectivity index (χ0v) is 9.33. The van der Waals surface area contributed by atoms with Gasteiger partial charge >= 0.3 is 0 Å². The van der Waals surface area contributed by atoms with E-state index in [1.54, 1.807) is 6.07 Å². The number of phenols is 1. The fraction of sp³-hybridized carbons (Fsp3) is 0.400. The lowest BCUT2D eigenvalue weighted by molar-refractivity contribution is 0.470. The molecule has 0 amide bonds. The van der Waals surface area contributed by atoms with Gasteiger partial charge in [-0.3, -0.25) is 0 Å². The largest absolute Gasteiger partial charge is 0.508 e. The Morgan fingerprint density at radius 1 is 1.23 bits per heavy atom. The fourth-order valence-electron chi connectivity index (χ4n) is 0.927. The molecule has 3 heteroatoms. The normalized spacial score (nSPS) is 10.2. The topological polar surface area (TPSA) is 20.2 Å². The van der Waals surface area contributed by atoms with Crippen molar-refractivity contribution in [2.45, 2.75) is 12.7 Å². The zero-order chi connectivity index (χ0) is 9.52. The Bertz CT molecular complexity index is 250. The van der Waals surface area contributed by atoms with Gasteiger partial charge in [-0.1, -0.05) is 25.1 Å². The summed E-state index contributed by atoms with van der Waals surface area (Å²) < 4.78 is 0. The number of hydrogen-bond donors (Lipinski definition) is 1. The van der Waals surface area contributed by atoms with E-state index >= 15 is 0 Å². The molecule has 0 saturated heterocycles. The number of phenolic OH excluding ortho intramolecular Hbond substituents is 1. The molecular weight excluding hydrogens is 200 g/mol. The third kappa shape index (κ3) is 3.96. The van der Waals surface area contributed by atoms with Crippen LogP contribution in [0.25, 0.3) is 0 Å². The Morgan fingerprint density at radius 2 is 2.00 bits per heavy atom. The monoisotopic (exact) mass is 214 g/mol. The lowest BCUT2D eigenvalue weighted by atomic mass is 10.2. The second kappa shape index (κ2) is 6.22. The number of thioether (sulfide) groups is 2. The summed E-state index contributed by atoms with van der Waals surface area (Å²) in [7, 11) is 0. The van der Waals surface area contributed by atoms with E-state index in [0.717, 1.165) is 22.2 Å². The van der Waals surface area contributed by atoms with Crippen molar-refractivity contribution in [3.63, 3.8) is 0 Å². The third-order valence-corrected chi connectivity index (χ3v) is 3.88. The predicted octanol–water partition coefficient (Wildman–Crippen LogP) is 3.34. The summed E-state index contributed by atoms with van der Waals surface area (Å²) >= 11 is 3.76. The van der Waals surface area contributed by atoms with E-state index in [-0.39, 0.29) is 0 Å². The Labute approximate surface area is 87.9 Å². The van der Waals surface area contributed by atoms with Crippen LogP contribution in [-0.4, -0.2) is 15.9 Å². The quantitative estimate of drug-likeness (QED) is 0.599. The maximum atomic E-state index is 9.45. The van der Waals surface area contributed by atoms with Crippen molar-refractivity contribution in [2.24, 2.45) is 0 Å². The first-order chi connectivity index (χ1) is 6.34. The van der Waals surface area contributed by atoms with Crippen molar-refractivity contribution in [3.05, 3.63) is 29.8 Å². The lowest BCUT2D eigenvalue weighted by Crippen LogP contribution is -1.81. The van der Waals surface area contributed by atoms with Gasteiger partial charge in [0, 0.05) is 16.4 Å². The molecule has 0 atom stereocenters. The van der Waals surface area contributed by atoms with E-state index in [1.165, 1.54) is 0 Å². The van der Waals surface area contributed by atoms with Crippen molar-refractivity contribution in [1.29, 1.82) is 0 Å². The molecule has 72 valence electrons. The molecule has 13 heavy (non-hydrogen) atoms. The molecule has 1 aromatic rings. The van der Waals surface area contributed by atoms with Crippen LogP contribution < -0.4 is 0 Å². The molecule has 0 heterocycles. The highest BCUT2D eigenvalue weighted by atomic mass is 32.2. The molecule has 0 aromatic heterocycles. The minimum absolute atomic E-state index is 0.413. The number of rotatable bonds is 5. The van der Waals surface area contributed by atoms with Crippen LogP contribution in [0, 0.1) is 0 Å². The van der Waals surface area contributed by atoms with E-state index in [9.17, 15) is 5.11 Å². The zero-order valence-electron chi connectivity index (χ0n) is 7.69. The van der Waals surface area contributed by atoms with Gasteiger partial charge in [0.1, 0.15) is 5.75 Å². The lowest BCUT2D eigenvalue weighted by Gasteiger charge is -2.02. The molecule has 1 nitrogen and oxygen atoms in total. The maximum Gasteiger partial charge on any atom is 0.119 e. The summed E-state index contributed by atoms with van der Waals surface area (Å²) in [6, 6.07) is 7.52. The van der Waals surface area contributed by atoms with Gasteiger partial charge in [-0.2, -0.15) is 11.8 Å². The van der Waals surface area contributed by atoms with Gasteiger partial charge in [0.05, 0.1) is 0 Å². The molecule has 0 radical (unpaired) electrons. The van der Waals surface area contributed by atoms with Crippen molar-refractivity contribution in [2.75, 3.05) is 10.8 Å². The highest BCUT2D eigenvalue weighted by molar-refractivity contribution is 8.15. The molecule has 1 N–H and O–H groups in total. The van der Waals surface area contributed by atoms with Crippen LogP contribution in [0.4, 0.5) is 0 Å². The number of aromatic hydroxyl groups is 1. The molecule has 0 fully saturated rings. The van der Waals surface area contributed by atoms with Crippen LogP contribution in [0.2, 0.25) is 0 Å². The summed E-state index contributed by atoms with van der Waals surface area (Å²) in [5.41, 5.74) is 1.03. The van der Waals surface area contributed by atoms with E-state index in [2.05, 4.69) is 6.92 Å². The summed E-state index contributed by atoms with van der Waals surface area (Å²) in [4.78, 5) is 0. The van der Waals surface area contributed by atoms with Gasteiger partial charge in [-0.15, -0.1) is 11.8 Å². The third-order valence-electron chi connectivity index (χ3n) is 1.62. The first-order valence-electron chi connectivity index (χ1n) is 4.27. The summed E-state index contributed by atoms with van der Waals surface area (Å²) in [6.45, 7) is 2.16. The van der Waals surface area contributed by atoms with Crippen molar-refractivity contribution in [1.82, 2.24) is 0 Å². The van der Waals surface area contributed by atoms with Gasteiger partial charge in [-0.05, 0) is 11.8 Å². The van der Waals surface area contributed by atoms with Crippen molar-refractivity contribution < 1.29 is 5.11 Å². The first-order valence-corrected chi connectivity index (χ1v) is 6.58. The molecule has 0 aliphatic rings. The van der Waals surface area contributed by atoms with Crippen LogP contribution in [0.5, 0.6) is 5.75 Å². The molecule has 0 aliphatic carbocycles. The first kappa shape index (κ1) is 10.8. The van der Waals surface area contributed by atoms with E-state index in [1.807, 2.05) is 41.7 Å². The average molecular weight is 214 g/mol. The van der Waals surface area contributed by atoms with Crippen LogP contribution in [0.1, 0.15) is 12.5 Å². The predicted molar refractivity (Wildman–Crippen MR) is 62.4 cm³/mol. The Morgan fingerprint density at radius 3 is 2.69 bits per heavy atom. The number of para-hydroxylation sites is 1. The second-order valence-corrected chi connectivity index (χ2v) is 5.21. The molecular formula is C10H14OS2. The molecule has 0 saturated carbocycles. The minimum atomic E-state index is 0.413. The highest BCUT2D eigenvalue weighted by Crippen LogP contribution is 2.23. The van der Waals surface area contributed by atoms with Crippen LogP contribution in [0.3, 0.4) is 0 Å². The SMILES string of the molecule is CCSCSCc1ccccc1O. The summed E-state index contributed by atoms with van der Waals surface area (Å²) in [6.07, 6.45) is 0. The van der Waals surface area contributed by atoms with E-state index in [0.29, 0.717) is 5.75 Å². The van der Waals surface area contributed by atoms with E-state index in [4.69, 9.17) is 0 Å². The summed E-state index contributed by atoms with van der Waals surface area (Å²) in [5.74, 6) is 2.48. The van der Waals surface area contributed by atoms with Crippen molar-refractivity contribution >= 4 is 23.5 Å². The summed E-state index contributed by atoms with van der Waals surface area (Å²) in [5, 5.41) is 10.5. The van der Waals surface area contributed by atoms with Gasteiger partial charge in [0.25, 0.3) is 0 Å². The minimum Gasteiger partial charge on any atom is -0.508 e. The van der Waals surface area contributed by atoms with Crippen LogP contribution in [0.15, 0.2) is 24.3 Å². The number of benzene rings is 1. The fourth-order valence-corrected chi connectivity index (χ4v) is 2.86. The Kier molecular flexibility index (Phi) is 5.16. The molecule has 0 bridgehead atoms. The van der Waals surface area contributed by atoms with Gasteiger partial charge in [0.2, 0.25) is 0 Å². The smallest absolute Gasteiger partial charge is 0.119 e. The molecule has 0 aliphatic heterocycles. The van der Waals surface area contributed by atoms with Crippen LogP contribution >= 0.6 is 23.5 Å². The molecule has 0 unspecified atom stereocenters. The highest BCUT2D eigenvalue weighted by Gasteiger charge is 1.98. The molecule has 0 spiro atoms. The van der Waals surface area contributed by atoms with E-state index < -0.39 is 0 Å². The number of hydrogen-bond acceptors (Lipinski definition) is 3. The van der Waals surface area contributed by atoms with Gasteiger partial charge in [-0.25, -0.2) is 0 Å². The standard InChI is InChI=1S/C10H14OS2/c1-2-12-8-13-7-9-5-3-4-6-10(9)11/h3-6,11H,2,7-8H2,1H3. The Balaban J connectivity index is 2.32. The van der Waals surface area contributed by atoms with Crippen LogP contribution in [-0.2, 0) is 5.75 Å². The van der Waals surface area contributed by atoms with Gasteiger partial charge in [0.15, 0.2) is 0 Å². The second-order valence-electron chi connectivity index (χ2n) is 2.59. The average Bonchev–Trinajstić information content (AvgIpc) is 2.15. The molecule has 1 aromatic carbocycles. The van der Waals surface area contributed by atoms with Gasteiger partial charge < -0.3 is 5.11 Å². The molecule has 1 rings (SSSR count). The maximum absolute atomic E-state index is 9.45.